The number of carbonyl (C=O) groups excluding carboxylic acids is 2. The summed E-state index contributed by atoms with van der Waals surface area (Å²) in [6, 6.07) is 7.39. The molecule has 0 aliphatic rings. The Morgan fingerprint density at radius 1 is 1.08 bits per heavy atom. The van der Waals surface area contributed by atoms with Gasteiger partial charge < -0.3 is 15.1 Å². The lowest BCUT2D eigenvalue weighted by Crippen LogP contribution is -3.11. The van der Waals surface area contributed by atoms with Gasteiger partial charge in [0.15, 0.2) is 13.1 Å². The first-order valence-corrected chi connectivity index (χ1v) is 9.34. The van der Waals surface area contributed by atoms with Crippen LogP contribution in [0.15, 0.2) is 24.3 Å². The van der Waals surface area contributed by atoms with Crippen molar-refractivity contribution in [2.24, 2.45) is 0 Å². The second kappa shape index (κ2) is 10.4. The highest BCUT2D eigenvalue weighted by Crippen LogP contribution is 2.13. The summed E-state index contributed by atoms with van der Waals surface area (Å²) in [6.45, 7) is 8.87. The lowest BCUT2D eigenvalue weighted by Gasteiger charge is -2.34. The molecule has 0 bridgehead atoms. The summed E-state index contributed by atoms with van der Waals surface area (Å²) >= 11 is 5.84. The first-order chi connectivity index (χ1) is 11.8. The molecule has 25 heavy (non-hydrogen) atoms. The second-order valence-electron chi connectivity index (χ2n) is 6.68. The Morgan fingerprint density at radius 3 is 2.08 bits per heavy atom. The minimum atomic E-state index is -0.119. The molecule has 1 unspecified atom stereocenters. The molecule has 0 radical (unpaired) electrons. The monoisotopic (exact) mass is 368 g/mol. The number of rotatable bonds is 9. The van der Waals surface area contributed by atoms with E-state index in [0.717, 1.165) is 17.7 Å². The first kappa shape index (κ1) is 21.5. The van der Waals surface area contributed by atoms with Crippen LogP contribution in [0, 0.1) is 0 Å². The van der Waals surface area contributed by atoms with Gasteiger partial charge in [0, 0.05) is 22.8 Å². The van der Waals surface area contributed by atoms with E-state index in [1.807, 2.05) is 11.9 Å². The maximum Gasteiger partial charge on any atom is 0.279 e. The minimum Gasteiger partial charge on any atom is -0.332 e. The van der Waals surface area contributed by atoms with E-state index in [-0.39, 0.29) is 30.4 Å². The summed E-state index contributed by atoms with van der Waals surface area (Å²) in [6.07, 6.45) is 1.85. The molecule has 5 nitrogen and oxygen atoms in total. The molecular weight excluding hydrogens is 338 g/mol. The van der Waals surface area contributed by atoms with Crippen LogP contribution in [0.1, 0.15) is 40.5 Å². The maximum absolute atomic E-state index is 12.7. The fourth-order valence-electron chi connectivity index (χ4n) is 2.74. The third-order valence-electron chi connectivity index (χ3n) is 4.46. The minimum absolute atomic E-state index is 0.0977. The average molecular weight is 369 g/mol. The molecule has 2 amide bonds. The molecule has 0 spiro atoms. The zero-order chi connectivity index (χ0) is 19.0. The molecule has 140 valence electrons. The molecule has 2 N–H and O–H groups in total. The van der Waals surface area contributed by atoms with Crippen molar-refractivity contribution in [1.29, 1.82) is 0 Å². The topological polar surface area (TPSA) is 53.9 Å². The number of amides is 2. The molecule has 6 heteroatoms. The lowest BCUT2D eigenvalue weighted by molar-refractivity contribution is -0.862. The van der Waals surface area contributed by atoms with Crippen LogP contribution in [0.3, 0.4) is 0 Å². The number of hydrogen-bond donors (Lipinski definition) is 2. The van der Waals surface area contributed by atoms with Crippen molar-refractivity contribution in [2.75, 3.05) is 25.5 Å². The smallest absolute Gasteiger partial charge is 0.279 e. The van der Waals surface area contributed by atoms with E-state index >= 15 is 0 Å². The van der Waals surface area contributed by atoms with Crippen LogP contribution >= 0.6 is 11.6 Å². The molecule has 0 aromatic heterocycles. The second-order valence-corrected chi connectivity index (χ2v) is 7.12. The Balaban J connectivity index is 2.58. The number of halogens is 1. The summed E-state index contributed by atoms with van der Waals surface area (Å²) < 4.78 is 0. The summed E-state index contributed by atoms with van der Waals surface area (Å²) in [5.41, 5.74) is 0.703. The zero-order valence-electron chi connectivity index (χ0n) is 15.9. The number of anilines is 1. The number of benzene rings is 1. The number of quaternary nitrogens is 1. The normalized spacial score (nSPS) is 14.5. The molecule has 0 saturated carbocycles. The Labute approximate surface area is 156 Å². The van der Waals surface area contributed by atoms with Crippen LogP contribution in [0.4, 0.5) is 5.69 Å². The Hall–Kier alpha value is -1.59. The van der Waals surface area contributed by atoms with Gasteiger partial charge in [-0.15, -0.1) is 0 Å². The zero-order valence-corrected chi connectivity index (χ0v) is 16.7. The van der Waals surface area contributed by atoms with E-state index in [1.165, 1.54) is 0 Å². The highest BCUT2D eigenvalue weighted by molar-refractivity contribution is 6.30. The SMILES string of the molecule is CC[C@@H](C)N(C(=O)C[NH+](C)CC(=O)Nc1ccc(Cl)cc1)[C@@H](C)CC. The largest absolute Gasteiger partial charge is 0.332 e. The van der Waals surface area contributed by atoms with Gasteiger partial charge in [-0.1, -0.05) is 25.4 Å². The molecule has 1 aromatic carbocycles. The van der Waals surface area contributed by atoms with Crippen LogP contribution in [-0.4, -0.2) is 48.9 Å². The predicted molar refractivity (Wildman–Crippen MR) is 103 cm³/mol. The molecule has 0 fully saturated rings. The third-order valence-corrected chi connectivity index (χ3v) is 4.71. The number of nitrogens with one attached hydrogen (secondary N) is 2. The van der Waals surface area contributed by atoms with Crippen molar-refractivity contribution >= 4 is 29.1 Å². The summed E-state index contributed by atoms with van der Waals surface area (Å²) in [4.78, 5) is 27.7. The van der Waals surface area contributed by atoms with Gasteiger partial charge in [0.1, 0.15) is 0 Å². The fourth-order valence-corrected chi connectivity index (χ4v) is 2.87. The molecular formula is C19H31ClN3O2+. The summed E-state index contributed by atoms with van der Waals surface area (Å²) in [5, 5.41) is 3.45. The molecule has 3 atom stereocenters. The van der Waals surface area contributed by atoms with E-state index in [4.69, 9.17) is 11.6 Å². The van der Waals surface area contributed by atoms with Crippen molar-refractivity contribution < 1.29 is 14.5 Å². The number of carbonyl (C=O) groups is 2. The lowest BCUT2D eigenvalue weighted by atomic mass is 10.1. The van der Waals surface area contributed by atoms with E-state index in [2.05, 4.69) is 33.0 Å². The van der Waals surface area contributed by atoms with Crippen LogP contribution in [0.2, 0.25) is 5.02 Å². The summed E-state index contributed by atoms with van der Waals surface area (Å²) in [7, 11) is 1.87. The van der Waals surface area contributed by atoms with E-state index in [1.54, 1.807) is 24.3 Å². The number of nitrogens with zero attached hydrogens (tertiary/aromatic N) is 1. The van der Waals surface area contributed by atoms with Crippen LogP contribution < -0.4 is 10.2 Å². The highest BCUT2D eigenvalue weighted by atomic mass is 35.5. The van der Waals surface area contributed by atoms with Crippen LogP contribution in [0.5, 0.6) is 0 Å². The van der Waals surface area contributed by atoms with Crippen LogP contribution in [-0.2, 0) is 9.59 Å². The Kier molecular flexibility index (Phi) is 8.93. The van der Waals surface area contributed by atoms with Gasteiger partial charge >= 0.3 is 0 Å². The van der Waals surface area contributed by atoms with Crippen molar-refractivity contribution in [3.8, 4) is 0 Å². The Bertz CT molecular complexity index is 552. The fraction of sp³-hybridized carbons (Fsp3) is 0.579. The van der Waals surface area contributed by atoms with Gasteiger partial charge in [-0.2, -0.15) is 0 Å². The molecule has 0 aliphatic carbocycles. The average Bonchev–Trinajstić information content (AvgIpc) is 2.56. The maximum atomic E-state index is 12.7. The van der Waals surface area contributed by atoms with Gasteiger partial charge in [0.25, 0.3) is 11.8 Å². The number of hydrogen-bond acceptors (Lipinski definition) is 2. The summed E-state index contributed by atoms with van der Waals surface area (Å²) in [5.74, 6) is -0.0215. The molecule has 1 rings (SSSR count). The quantitative estimate of drug-likeness (QED) is 0.702. The predicted octanol–water partition coefficient (Wildman–Crippen LogP) is 2.22. The van der Waals surface area contributed by atoms with E-state index in [9.17, 15) is 9.59 Å². The van der Waals surface area contributed by atoms with Crippen molar-refractivity contribution in [3.63, 3.8) is 0 Å². The van der Waals surface area contributed by atoms with Gasteiger partial charge in [0.05, 0.1) is 7.05 Å². The molecule has 0 aliphatic heterocycles. The van der Waals surface area contributed by atoms with Crippen molar-refractivity contribution in [1.82, 2.24) is 4.90 Å². The Morgan fingerprint density at radius 2 is 1.60 bits per heavy atom. The van der Waals surface area contributed by atoms with Gasteiger partial charge in [-0.25, -0.2) is 0 Å². The molecule has 1 aromatic rings. The van der Waals surface area contributed by atoms with Crippen molar-refractivity contribution in [3.05, 3.63) is 29.3 Å². The molecule has 0 heterocycles. The van der Waals surface area contributed by atoms with Gasteiger partial charge in [0.2, 0.25) is 0 Å². The van der Waals surface area contributed by atoms with Gasteiger partial charge in [-0.3, -0.25) is 9.59 Å². The van der Waals surface area contributed by atoms with Crippen LogP contribution in [0.25, 0.3) is 0 Å². The highest BCUT2D eigenvalue weighted by Gasteiger charge is 2.26. The third kappa shape index (κ3) is 7.04. The first-order valence-electron chi connectivity index (χ1n) is 8.96. The molecule has 0 saturated heterocycles. The van der Waals surface area contributed by atoms with Gasteiger partial charge in [-0.05, 0) is 51.0 Å². The standard InChI is InChI=1S/C19H30ClN3O2/c1-6-14(3)23(15(4)7-2)19(25)13-22(5)12-18(24)21-17-10-8-16(20)9-11-17/h8-11,14-15H,6-7,12-13H2,1-5H3,(H,21,24)/p+1/t14-,15+. The number of likely N-dealkylation sites (N-methyl/N-ethyl adjacent to an activating group) is 1. The van der Waals surface area contributed by atoms with E-state index in [0.29, 0.717) is 17.3 Å². The van der Waals surface area contributed by atoms with E-state index < -0.39 is 0 Å². The van der Waals surface area contributed by atoms with Crippen molar-refractivity contribution in [2.45, 2.75) is 52.6 Å².